The van der Waals surface area contributed by atoms with Crippen molar-refractivity contribution >= 4 is 23.1 Å². The normalized spacial score (nSPS) is 17.3. The molecule has 2 aliphatic rings. The van der Waals surface area contributed by atoms with Crippen molar-refractivity contribution in [3.63, 3.8) is 0 Å². The molecule has 0 saturated heterocycles. The highest BCUT2D eigenvalue weighted by atomic mass is 16.3. The van der Waals surface area contributed by atoms with Gasteiger partial charge in [-0.3, -0.25) is 0 Å². The lowest BCUT2D eigenvalue weighted by Crippen LogP contribution is -2.35. The lowest BCUT2D eigenvalue weighted by molar-refractivity contribution is 0.267. The number of nitrogens with zero attached hydrogens (tertiary/aromatic N) is 6. The van der Waals surface area contributed by atoms with E-state index in [0.29, 0.717) is 5.95 Å². The molecule has 1 atom stereocenters. The van der Waals surface area contributed by atoms with Crippen molar-refractivity contribution in [3.8, 4) is 5.69 Å². The Balaban J connectivity index is 1.38. The number of fused-ring (bicyclic) bond motifs is 2. The Labute approximate surface area is 204 Å². The van der Waals surface area contributed by atoms with Crippen LogP contribution in [0.3, 0.4) is 0 Å². The van der Waals surface area contributed by atoms with Gasteiger partial charge in [-0.05, 0) is 56.3 Å². The second-order valence-corrected chi connectivity index (χ2v) is 9.34. The van der Waals surface area contributed by atoms with E-state index >= 15 is 0 Å². The number of para-hydroxylation sites is 1. The number of hydrogen-bond acceptors (Lipinski definition) is 7. The van der Waals surface area contributed by atoms with Crippen molar-refractivity contribution in [1.82, 2.24) is 24.4 Å². The zero-order chi connectivity index (χ0) is 23.9. The van der Waals surface area contributed by atoms with Crippen LogP contribution in [0.15, 0.2) is 60.9 Å². The molecule has 6 rings (SSSR count). The van der Waals surface area contributed by atoms with E-state index in [1.165, 1.54) is 5.56 Å². The molecule has 0 spiro atoms. The summed E-state index contributed by atoms with van der Waals surface area (Å²) in [7, 11) is 2.13. The van der Waals surface area contributed by atoms with Crippen LogP contribution in [0.2, 0.25) is 0 Å². The van der Waals surface area contributed by atoms with Gasteiger partial charge in [0, 0.05) is 54.5 Å². The molecule has 178 valence electrons. The Morgan fingerprint density at radius 3 is 2.69 bits per heavy atom. The van der Waals surface area contributed by atoms with Crippen molar-refractivity contribution in [2.24, 2.45) is 0 Å². The van der Waals surface area contributed by atoms with Crippen LogP contribution in [0.1, 0.15) is 22.6 Å². The van der Waals surface area contributed by atoms with Gasteiger partial charge in [0.1, 0.15) is 11.6 Å². The Morgan fingerprint density at radius 1 is 1.09 bits per heavy atom. The minimum Gasteiger partial charge on any atom is -0.394 e. The molecular formula is C27H29N7O. The van der Waals surface area contributed by atoms with Gasteiger partial charge in [-0.1, -0.05) is 18.2 Å². The van der Waals surface area contributed by atoms with Crippen LogP contribution in [0.4, 0.5) is 23.1 Å². The fourth-order valence-electron chi connectivity index (χ4n) is 5.17. The number of aliphatic hydroxyl groups excluding tert-OH is 1. The van der Waals surface area contributed by atoms with Gasteiger partial charge in [0.25, 0.3) is 0 Å². The predicted molar refractivity (Wildman–Crippen MR) is 137 cm³/mol. The van der Waals surface area contributed by atoms with E-state index < -0.39 is 0 Å². The predicted octanol–water partition coefficient (Wildman–Crippen LogP) is 3.76. The zero-order valence-corrected chi connectivity index (χ0v) is 20.0. The number of aliphatic hydroxyl groups is 1. The molecular weight excluding hydrogens is 438 g/mol. The number of imidazole rings is 1. The number of nitrogens with one attached hydrogen (secondary N) is 1. The summed E-state index contributed by atoms with van der Waals surface area (Å²) in [5, 5.41) is 13.7. The van der Waals surface area contributed by atoms with Crippen molar-refractivity contribution in [2.75, 3.05) is 30.4 Å². The van der Waals surface area contributed by atoms with Gasteiger partial charge >= 0.3 is 0 Å². The molecule has 35 heavy (non-hydrogen) atoms. The highest BCUT2D eigenvalue weighted by Gasteiger charge is 2.34. The summed E-state index contributed by atoms with van der Waals surface area (Å²) in [6.45, 7) is 3.81. The minimum atomic E-state index is -0.0378. The Morgan fingerprint density at radius 2 is 1.91 bits per heavy atom. The number of rotatable bonds is 5. The maximum atomic E-state index is 10.2. The van der Waals surface area contributed by atoms with E-state index in [0.717, 1.165) is 65.9 Å². The molecule has 4 heterocycles. The SMILES string of the molecule is Cc1nccn1-c1ccc(Nc2nc3c(c(N4c5ccccc5CC4CO)n2)CN(C)CC3)cc1. The molecule has 2 aliphatic heterocycles. The molecule has 0 radical (unpaired) electrons. The fourth-order valence-corrected chi connectivity index (χ4v) is 5.17. The maximum absolute atomic E-state index is 10.2. The molecule has 8 heteroatoms. The standard InChI is InChI=1S/C27H29N7O/c1-18-28-12-14-33(18)21-9-7-20(8-10-21)29-27-30-24-11-13-32(2)16-23(24)26(31-27)34-22(17-35)15-19-5-3-4-6-25(19)34/h3-10,12,14,22,35H,11,13,15-17H2,1-2H3,(H,29,30,31). The molecule has 2 aromatic carbocycles. The third-order valence-electron chi connectivity index (χ3n) is 6.97. The van der Waals surface area contributed by atoms with E-state index in [4.69, 9.17) is 9.97 Å². The average molecular weight is 468 g/mol. The molecule has 2 N–H and O–H groups in total. The number of likely N-dealkylation sites (N-methyl/N-ethyl adjacent to an activating group) is 1. The quantitative estimate of drug-likeness (QED) is 0.463. The molecule has 0 bridgehead atoms. The topological polar surface area (TPSA) is 82.3 Å². The first-order chi connectivity index (χ1) is 17.1. The Hall–Kier alpha value is -3.75. The van der Waals surface area contributed by atoms with Crippen molar-refractivity contribution in [1.29, 1.82) is 0 Å². The Bertz CT molecular complexity index is 1360. The van der Waals surface area contributed by atoms with Crippen molar-refractivity contribution < 1.29 is 5.11 Å². The highest BCUT2D eigenvalue weighted by molar-refractivity contribution is 5.73. The molecule has 0 aliphatic carbocycles. The van der Waals surface area contributed by atoms with Crippen LogP contribution in [-0.4, -0.2) is 55.8 Å². The zero-order valence-electron chi connectivity index (χ0n) is 20.0. The Kier molecular flexibility index (Phi) is 5.47. The van der Waals surface area contributed by atoms with Crippen molar-refractivity contribution in [2.45, 2.75) is 32.4 Å². The van der Waals surface area contributed by atoms with Gasteiger partial charge in [-0.15, -0.1) is 0 Å². The van der Waals surface area contributed by atoms with E-state index in [-0.39, 0.29) is 12.6 Å². The largest absolute Gasteiger partial charge is 0.394 e. The maximum Gasteiger partial charge on any atom is 0.229 e. The van der Waals surface area contributed by atoms with E-state index in [1.54, 1.807) is 6.20 Å². The van der Waals surface area contributed by atoms with E-state index in [2.05, 4.69) is 57.5 Å². The van der Waals surface area contributed by atoms with Crippen molar-refractivity contribution in [3.05, 3.63) is 83.6 Å². The third kappa shape index (κ3) is 3.94. The smallest absolute Gasteiger partial charge is 0.229 e. The van der Waals surface area contributed by atoms with Crippen LogP contribution in [0.25, 0.3) is 5.69 Å². The molecule has 0 saturated carbocycles. The first-order valence-corrected chi connectivity index (χ1v) is 12.0. The molecule has 2 aromatic heterocycles. The molecule has 4 aromatic rings. The van der Waals surface area contributed by atoms with Crippen LogP contribution < -0.4 is 10.2 Å². The summed E-state index contributed by atoms with van der Waals surface area (Å²) < 4.78 is 2.05. The lowest BCUT2D eigenvalue weighted by atomic mass is 10.1. The minimum absolute atomic E-state index is 0.0378. The summed E-state index contributed by atoms with van der Waals surface area (Å²) >= 11 is 0. The number of aryl methyl sites for hydroxylation is 1. The van der Waals surface area contributed by atoms with Crippen LogP contribution in [-0.2, 0) is 19.4 Å². The summed E-state index contributed by atoms with van der Waals surface area (Å²) in [5.41, 5.74) is 6.55. The van der Waals surface area contributed by atoms with Gasteiger partial charge in [0.15, 0.2) is 0 Å². The van der Waals surface area contributed by atoms with E-state index in [9.17, 15) is 5.11 Å². The number of anilines is 4. The third-order valence-corrected chi connectivity index (χ3v) is 6.97. The molecule has 0 amide bonds. The second kappa shape index (κ2) is 8.79. The number of benzene rings is 2. The van der Waals surface area contributed by atoms with E-state index in [1.807, 2.05) is 35.9 Å². The van der Waals surface area contributed by atoms with Gasteiger partial charge in [0.2, 0.25) is 5.95 Å². The molecule has 1 unspecified atom stereocenters. The summed E-state index contributed by atoms with van der Waals surface area (Å²) in [5.74, 6) is 2.41. The highest BCUT2D eigenvalue weighted by Crippen LogP contribution is 2.41. The average Bonchev–Trinajstić information content (AvgIpc) is 3.47. The summed E-state index contributed by atoms with van der Waals surface area (Å²) in [6, 6.07) is 16.5. The first-order valence-electron chi connectivity index (χ1n) is 12.0. The monoisotopic (exact) mass is 467 g/mol. The number of aromatic nitrogens is 4. The number of hydrogen-bond donors (Lipinski definition) is 2. The van der Waals surface area contributed by atoms with Gasteiger partial charge in [-0.2, -0.15) is 4.98 Å². The molecule has 8 nitrogen and oxygen atoms in total. The molecule has 0 fully saturated rings. The van der Waals surface area contributed by atoms with Crippen LogP contribution >= 0.6 is 0 Å². The van der Waals surface area contributed by atoms with Crippen LogP contribution in [0.5, 0.6) is 0 Å². The fraction of sp³-hybridized carbons (Fsp3) is 0.296. The summed E-state index contributed by atoms with van der Waals surface area (Å²) in [4.78, 5) is 18.8. The second-order valence-electron chi connectivity index (χ2n) is 9.34. The van der Waals surface area contributed by atoms with Gasteiger partial charge < -0.3 is 24.8 Å². The van der Waals surface area contributed by atoms with Crippen LogP contribution in [0, 0.1) is 6.92 Å². The summed E-state index contributed by atoms with van der Waals surface area (Å²) in [6.07, 6.45) is 5.43. The van der Waals surface area contributed by atoms with Gasteiger partial charge in [-0.25, -0.2) is 9.97 Å². The lowest BCUT2D eigenvalue weighted by Gasteiger charge is -2.32. The first kappa shape index (κ1) is 21.8. The van der Waals surface area contributed by atoms with Gasteiger partial charge in [0.05, 0.1) is 18.3 Å².